The fourth-order valence-electron chi connectivity index (χ4n) is 3.22. The van der Waals surface area contributed by atoms with Gasteiger partial charge in [0.05, 0.1) is 6.42 Å². The van der Waals surface area contributed by atoms with Gasteiger partial charge in [-0.05, 0) is 22.5 Å². The van der Waals surface area contributed by atoms with Crippen LogP contribution in [-0.4, -0.2) is 16.9 Å². The van der Waals surface area contributed by atoms with Crippen molar-refractivity contribution in [3.63, 3.8) is 0 Å². The average Bonchev–Trinajstić information content (AvgIpc) is 2.72. The van der Waals surface area contributed by atoms with E-state index in [9.17, 15) is 4.79 Å². The van der Waals surface area contributed by atoms with Crippen LogP contribution in [0.3, 0.4) is 0 Å². The SMILES string of the molecule is CC1(C)C(NC(=O)Cc2c[nH]c3ccccc23)C1(C)C. The Labute approximate surface area is 119 Å². The van der Waals surface area contributed by atoms with Crippen LogP contribution in [-0.2, 0) is 11.2 Å². The number of carbonyl (C=O) groups is 1. The highest BCUT2D eigenvalue weighted by molar-refractivity contribution is 5.89. The summed E-state index contributed by atoms with van der Waals surface area (Å²) in [4.78, 5) is 15.5. The van der Waals surface area contributed by atoms with Gasteiger partial charge in [0.2, 0.25) is 5.91 Å². The van der Waals surface area contributed by atoms with Gasteiger partial charge in [-0.2, -0.15) is 0 Å². The lowest BCUT2D eigenvalue weighted by Crippen LogP contribution is -2.31. The monoisotopic (exact) mass is 270 g/mol. The highest BCUT2D eigenvalue weighted by atomic mass is 16.1. The number of nitrogens with one attached hydrogen (secondary N) is 2. The first-order chi connectivity index (χ1) is 9.34. The Morgan fingerprint density at radius 2 is 1.85 bits per heavy atom. The van der Waals surface area contributed by atoms with Crippen LogP contribution in [0.4, 0.5) is 0 Å². The standard InChI is InChI=1S/C17H22N2O/c1-16(2)15(17(16,3)4)19-14(20)9-11-10-18-13-8-6-5-7-12(11)13/h5-8,10,15,18H,9H2,1-4H3,(H,19,20). The molecule has 0 spiro atoms. The first-order valence-corrected chi connectivity index (χ1v) is 7.18. The number of carbonyl (C=O) groups excluding carboxylic acids is 1. The van der Waals surface area contributed by atoms with Crippen molar-refractivity contribution in [1.29, 1.82) is 0 Å². The summed E-state index contributed by atoms with van der Waals surface area (Å²) in [6.07, 6.45) is 2.38. The van der Waals surface area contributed by atoms with E-state index in [2.05, 4.69) is 44.1 Å². The number of H-pyrrole nitrogens is 1. The molecule has 20 heavy (non-hydrogen) atoms. The molecule has 0 aliphatic heterocycles. The third-order valence-electron chi connectivity index (χ3n) is 5.35. The van der Waals surface area contributed by atoms with E-state index in [4.69, 9.17) is 0 Å². The molecule has 2 N–H and O–H groups in total. The van der Waals surface area contributed by atoms with Crippen molar-refractivity contribution >= 4 is 16.8 Å². The van der Waals surface area contributed by atoms with Gasteiger partial charge in [0.1, 0.15) is 0 Å². The highest BCUT2D eigenvalue weighted by Gasteiger charge is 2.65. The quantitative estimate of drug-likeness (QED) is 0.883. The van der Waals surface area contributed by atoms with Crippen molar-refractivity contribution < 1.29 is 4.79 Å². The number of aromatic amines is 1. The molecule has 1 fully saturated rings. The van der Waals surface area contributed by atoms with Crippen molar-refractivity contribution in [1.82, 2.24) is 10.3 Å². The summed E-state index contributed by atoms with van der Waals surface area (Å²) in [6.45, 7) is 8.85. The first kappa shape index (κ1) is 13.2. The van der Waals surface area contributed by atoms with Gasteiger partial charge < -0.3 is 10.3 Å². The van der Waals surface area contributed by atoms with Gasteiger partial charge >= 0.3 is 0 Å². The number of rotatable bonds is 3. The van der Waals surface area contributed by atoms with Crippen molar-refractivity contribution in [3.05, 3.63) is 36.0 Å². The Bertz CT molecular complexity index is 652. The predicted octanol–water partition coefficient (Wildman–Crippen LogP) is 3.26. The number of fused-ring (bicyclic) bond motifs is 1. The van der Waals surface area contributed by atoms with Crippen LogP contribution in [0, 0.1) is 10.8 Å². The maximum atomic E-state index is 12.3. The molecule has 0 radical (unpaired) electrons. The molecular weight excluding hydrogens is 248 g/mol. The second kappa shape index (κ2) is 4.11. The zero-order valence-electron chi connectivity index (χ0n) is 12.6. The van der Waals surface area contributed by atoms with Gasteiger partial charge in [-0.15, -0.1) is 0 Å². The van der Waals surface area contributed by atoms with Gasteiger partial charge in [-0.1, -0.05) is 45.9 Å². The van der Waals surface area contributed by atoms with Crippen LogP contribution in [0.1, 0.15) is 33.3 Å². The summed E-state index contributed by atoms with van der Waals surface area (Å²) in [5, 5.41) is 4.32. The molecule has 0 atom stereocenters. The lowest BCUT2D eigenvalue weighted by molar-refractivity contribution is -0.120. The van der Waals surface area contributed by atoms with Crippen LogP contribution >= 0.6 is 0 Å². The van der Waals surface area contributed by atoms with Crippen LogP contribution in [0.2, 0.25) is 0 Å². The van der Waals surface area contributed by atoms with Crippen molar-refractivity contribution in [2.45, 2.75) is 40.2 Å². The molecular formula is C17H22N2O. The van der Waals surface area contributed by atoms with Crippen LogP contribution < -0.4 is 5.32 Å². The molecule has 1 aliphatic rings. The molecule has 1 aromatic carbocycles. The van der Waals surface area contributed by atoms with Gasteiger partial charge in [-0.3, -0.25) is 4.79 Å². The molecule has 0 unspecified atom stereocenters. The lowest BCUT2D eigenvalue weighted by atomic mass is 10.0. The number of hydrogen-bond donors (Lipinski definition) is 2. The van der Waals surface area contributed by atoms with Crippen molar-refractivity contribution in [3.8, 4) is 0 Å². The fourth-order valence-corrected chi connectivity index (χ4v) is 3.22. The molecule has 1 amide bonds. The molecule has 1 aliphatic carbocycles. The van der Waals surface area contributed by atoms with Crippen LogP contribution in [0.25, 0.3) is 10.9 Å². The molecule has 0 bridgehead atoms. The summed E-state index contributed by atoms with van der Waals surface area (Å²) < 4.78 is 0. The molecule has 1 saturated carbocycles. The molecule has 3 nitrogen and oxygen atoms in total. The van der Waals surface area contributed by atoms with E-state index in [0.29, 0.717) is 6.42 Å². The zero-order valence-corrected chi connectivity index (χ0v) is 12.6. The zero-order chi connectivity index (χ0) is 14.5. The Balaban J connectivity index is 1.72. The molecule has 106 valence electrons. The van der Waals surface area contributed by atoms with Crippen LogP contribution in [0.15, 0.2) is 30.5 Å². The fraction of sp³-hybridized carbons (Fsp3) is 0.471. The minimum Gasteiger partial charge on any atom is -0.361 e. The highest BCUT2D eigenvalue weighted by Crippen LogP contribution is 2.62. The lowest BCUT2D eigenvalue weighted by Gasteiger charge is -2.06. The third kappa shape index (κ3) is 1.84. The normalized spacial score (nSPS) is 20.0. The Morgan fingerprint density at radius 1 is 1.20 bits per heavy atom. The van der Waals surface area contributed by atoms with Crippen molar-refractivity contribution in [2.75, 3.05) is 0 Å². The molecule has 0 saturated heterocycles. The predicted molar refractivity (Wildman–Crippen MR) is 81.5 cm³/mol. The Morgan fingerprint density at radius 3 is 2.50 bits per heavy atom. The van der Waals surface area contributed by atoms with Gasteiger partial charge in [0, 0.05) is 23.1 Å². The summed E-state index contributed by atoms with van der Waals surface area (Å²) in [5.74, 6) is 0.110. The third-order valence-corrected chi connectivity index (χ3v) is 5.35. The summed E-state index contributed by atoms with van der Waals surface area (Å²) in [6, 6.07) is 8.36. The summed E-state index contributed by atoms with van der Waals surface area (Å²) in [5.41, 5.74) is 2.52. The molecule has 3 rings (SSSR count). The first-order valence-electron chi connectivity index (χ1n) is 7.18. The minimum absolute atomic E-state index is 0.110. The van der Waals surface area contributed by atoms with Gasteiger partial charge in [0.15, 0.2) is 0 Å². The number of hydrogen-bond acceptors (Lipinski definition) is 1. The topological polar surface area (TPSA) is 44.9 Å². The maximum Gasteiger partial charge on any atom is 0.224 e. The maximum absolute atomic E-state index is 12.3. The van der Waals surface area contributed by atoms with E-state index in [1.54, 1.807) is 0 Å². The van der Waals surface area contributed by atoms with E-state index in [1.807, 2.05) is 24.4 Å². The molecule has 1 heterocycles. The largest absolute Gasteiger partial charge is 0.361 e. The van der Waals surface area contributed by atoms with E-state index in [-0.39, 0.29) is 22.8 Å². The molecule has 1 aromatic heterocycles. The Hall–Kier alpha value is -1.77. The Kier molecular flexibility index (Phi) is 2.72. The smallest absolute Gasteiger partial charge is 0.224 e. The summed E-state index contributed by atoms with van der Waals surface area (Å²) >= 11 is 0. The van der Waals surface area contributed by atoms with Crippen LogP contribution in [0.5, 0.6) is 0 Å². The molecule has 2 aromatic rings. The van der Waals surface area contributed by atoms with Gasteiger partial charge in [0.25, 0.3) is 0 Å². The number of amides is 1. The van der Waals surface area contributed by atoms with E-state index < -0.39 is 0 Å². The molecule has 3 heteroatoms. The number of benzene rings is 1. The van der Waals surface area contributed by atoms with E-state index in [0.717, 1.165) is 16.5 Å². The second-order valence-corrected chi connectivity index (χ2v) is 6.98. The average molecular weight is 270 g/mol. The summed E-state index contributed by atoms with van der Waals surface area (Å²) in [7, 11) is 0. The second-order valence-electron chi connectivity index (χ2n) is 6.98. The number of aromatic nitrogens is 1. The van der Waals surface area contributed by atoms with E-state index in [1.165, 1.54) is 0 Å². The van der Waals surface area contributed by atoms with Crippen molar-refractivity contribution in [2.24, 2.45) is 10.8 Å². The minimum atomic E-state index is 0.110. The van der Waals surface area contributed by atoms with E-state index >= 15 is 0 Å². The number of para-hydroxylation sites is 1. The van der Waals surface area contributed by atoms with Gasteiger partial charge in [-0.25, -0.2) is 0 Å².